The Balaban J connectivity index is 3.04. The van der Waals surface area contributed by atoms with Gasteiger partial charge in [-0.05, 0) is 0 Å². The highest BCUT2D eigenvalue weighted by atomic mass is 32.2. The summed E-state index contributed by atoms with van der Waals surface area (Å²) < 4.78 is 64.1. The van der Waals surface area contributed by atoms with E-state index in [0.717, 1.165) is 0 Å². The van der Waals surface area contributed by atoms with Gasteiger partial charge in [0.15, 0.2) is 0 Å². The standard InChI is InChI=1S/C5HF3N2O4S/c6-5(7,8)15(11,12)14-4-2-10-13-3(4)1-9/h2H. The van der Waals surface area contributed by atoms with Crippen molar-refractivity contribution in [1.82, 2.24) is 5.16 Å². The molecule has 0 saturated heterocycles. The highest BCUT2D eigenvalue weighted by Gasteiger charge is 2.49. The summed E-state index contributed by atoms with van der Waals surface area (Å²) in [6, 6.07) is 1.26. The van der Waals surface area contributed by atoms with E-state index in [2.05, 4.69) is 13.9 Å². The molecule has 0 saturated carbocycles. The third kappa shape index (κ3) is 2.18. The number of aromatic nitrogens is 1. The molecular weight excluding hydrogens is 241 g/mol. The Bertz CT molecular complexity index is 497. The summed E-state index contributed by atoms with van der Waals surface area (Å²) in [7, 11) is -5.80. The summed E-state index contributed by atoms with van der Waals surface area (Å²) in [5.41, 5.74) is -5.57. The minimum Gasteiger partial charge on any atom is -0.369 e. The second kappa shape index (κ2) is 3.43. The molecule has 1 aromatic rings. The van der Waals surface area contributed by atoms with Crippen molar-refractivity contribution in [2.24, 2.45) is 0 Å². The summed E-state index contributed by atoms with van der Waals surface area (Å²) in [4.78, 5) is 0. The molecule has 0 aliphatic carbocycles. The van der Waals surface area contributed by atoms with Gasteiger partial charge >= 0.3 is 15.6 Å². The van der Waals surface area contributed by atoms with Crippen molar-refractivity contribution in [2.45, 2.75) is 5.51 Å². The average molecular weight is 242 g/mol. The summed E-state index contributed by atoms with van der Waals surface area (Å²) in [5, 5.41) is 11.2. The van der Waals surface area contributed by atoms with Crippen LogP contribution in [0.4, 0.5) is 13.2 Å². The van der Waals surface area contributed by atoms with Crippen LogP contribution in [0.25, 0.3) is 0 Å². The van der Waals surface area contributed by atoms with Gasteiger partial charge in [-0.2, -0.15) is 26.9 Å². The first-order chi connectivity index (χ1) is 6.78. The lowest BCUT2D eigenvalue weighted by molar-refractivity contribution is -0.0500. The smallest absolute Gasteiger partial charge is 0.369 e. The van der Waals surface area contributed by atoms with Crippen LogP contribution in [0.2, 0.25) is 0 Å². The van der Waals surface area contributed by atoms with Crippen molar-refractivity contribution in [3.05, 3.63) is 12.0 Å². The molecule has 15 heavy (non-hydrogen) atoms. The molecule has 0 atom stereocenters. The molecule has 0 aliphatic heterocycles. The molecular formula is C5HF3N2O4S. The fourth-order valence-corrected chi connectivity index (χ4v) is 0.980. The molecule has 0 aromatic carbocycles. The molecule has 0 bridgehead atoms. The van der Waals surface area contributed by atoms with Crippen LogP contribution in [0.1, 0.15) is 5.76 Å². The lowest BCUT2D eigenvalue weighted by atomic mass is 10.5. The number of rotatable bonds is 2. The Labute approximate surface area is 81.0 Å². The minimum absolute atomic E-state index is 0.543. The molecule has 0 amide bonds. The van der Waals surface area contributed by atoms with E-state index in [1.807, 2.05) is 0 Å². The highest BCUT2D eigenvalue weighted by molar-refractivity contribution is 7.88. The van der Waals surface area contributed by atoms with Gasteiger partial charge in [-0.25, -0.2) is 0 Å². The first kappa shape index (κ1) is 11.3. The van der Waals surface area contributed by atoms with Gasteiger partial charge in [0, 0.05) is 0 Å². The maximum Gasteiger partial charge on any atom is 0.534 e. The lowest BCUT2D eigenvalue weighted by Gasteiger charge is -2.06. The average Bonchev–Trinajstić information content (AvgIpc) is 2.48. The molecule has 0 aliphatic rings. The van der Waals surface area contributed by atoms with Crippen LogP contribution in [0.3, 0.4) is 0 Å². The number of nitrogens with zero attached hydrogens (tertiary/aromatic N) is 2. The Kier molecular flexibility index (Phi) is 2.59. The number of alkyl halides is 3. The monoisotopic (exact) mass is 242 g/mol. The van der Waals surface area contributed by atoms with Crippen molar-refractivity contribution in [2.75, 3.05) is 0 Å². The quantitative estimate of drug-likeness (QED) is 0.561. The molecule has 1 rings (SSSR count). The fraction of sp³-hybridized carbons (Fsp3) is 0.200. The van der Waals surface area contributed by atoms with Gasteiger partial charge in [-0.1, -0.05) is 5.16 Å². The molecule has 0 fully saturated rings. The zero-order valence-electron chi connectivity index (χ0n) is 6.65. The normalized spacial score (nSPS) is 12.1. The van der Waals surface area contributed by atoms with Crippen LogP contribution >= 0.6 is 0 Å². The molecule has 6 nitrogen and oxygen atoms in total. The van der Waals surface area contributed by atoms with E-state index >= 15 is 0 Å². The van der Waals surface area contributed by atoms with E-state index in [-0.39, 0.29) is 0 Å². The molecule has 0 unspecified atom stereocenters. The topological polar surface area (TPSA) is 93.2 Å². The van der Waals surface area contributed by atoms with Gasteiger partial charge < -0.3 is 8.71 Å². The van der Waals surface area contributed by atoms with Crippen LogP contribution in [-0.2, 0) is 10.1 Å². The van der Waals surface area contributed by atoms with Gasteiger partial charge in [0.25, 0.3) is 5.76 Å². The maximum atomic E-state index is 11.8. The first-order valence-electron chi connectivity index (χ1n) is 3.13. The lowest BCUT2D eigenvalue weighted by Crippen LogP contribution is -2.28. The van der Waals surface area contributed by atoms with E-state index < -0.39 is 27.1 Å². The maximum absolute atomic E-state index is 11.8. The van der Waals surface area contributed by atoms with Gasteiger partial charge in [-0.15, -0.1) is 0 Å². The molecule has 1 heterocycles. The van der Waals surface area contributed by atoms with E-state index in [0.29, 0.717) is 6.20 Å². The minimum atomic E-state index is -5.80. The Morgan fingerprint density at radius 3 is 2.60 bits per heavy atom. The van der Waals surface area contributed by atoms with Crippen molar-refractivity contribution in [1.29, 1.82) is 5.26 Å². The third-order valence-corrected chi connectivity index (χ3v) is 2.09. The van der Waals surface area contributed by atoms with Crippen molar-refractivity contribution >= 4 is 10.1 Å². The van der Waals surface area contributed by atoms with Gasteiger partial charge in [0.1, 0.15) is 12.3 Å². The SMILES string of the molecule is N#Cc1oncc1OS(=O)(=O)C(F)(F)F. The van der Waals surface area contributed by atoms with Crippen LogP contribution in [0.5, 0.6) is 5.75 Å². The Hall–Kier alpha value is -1.76. The number of hydrogen-bond donors (Lipinski definition) is 0. The third-order valence-electron chi connectivity index (χ3n) is 1.12. The molecule has 0 N–H and O–H groups in total. The molecule has 10 heteroatoms. The molecule has 0 spiro atoms. The van der Waals surface area contributed by atoms with Crippen LogP contribution in [-0.4, -0.2) is 19.1 Å². The van der Waals surface area contributed by atoms with E-state index in [1.54, 1.807) is 0 Å². The van der Waals surface area contributed by atoms with Crippen molar-refractivity contribution < 1.29 is 30.3 Å². The van der Waals surface area contributed by atoms with Crippen molar-refractivity contribution in [3.8, 4) is 11.8 Å². The highest BCUT2D eigenvalue weighted by Crippen LogP contribution is 2.28. The van der Waals surface area contributed by atoms with Gasteiger partial charge in [0.05, 0.1) is 0 Å². The summed E-state index contributed by atoms with van der Waals surface area (Å²) >= 11 is 0. The zero-order chi connectivity index (χ0) is 11.7. The Morgan fingerprint density at radius 1 is 1.53 bits per heavy atom. The summed E-state index contributed by atoms with van der Waals surface area (Å²) in [6.07, 6.45) is 0.543. The molecule has 82 valence electrons. The predicted molar refractivity (Wildman–Crippen MR) is 36.8 cm³/mol. The number of nitriles is 1. The molecule has 1 aromatic heterocycles. The Morgan fingerprint density at radius 2 is 2.13 bits per heavy atom. The van der Waals surface area contributed by atoms with E-state index in [9.17, 15) is 21.6 Å². The number of hydrogen-bond acceptors (Lipinski definition) is 6. The van der Waals surface area contributed by atoms with Crippen molar-refractivity contribution in [3.63, 3.8) is 0 Å². The first-order valence-corrected chi connectivity index (χ1v) is 4.54. The number of halogens is 3. The largest absolute Gasteiger partial charge is 0.534 e. The van der Waals surface area contributed by atoms with E-state index in [1.165, 1.54) is 6.07 Å². The van der Waals surface area contributed by atoms with Gasteiger partial charge in [0.2, 0.25) is 5.75 Å². The second-order valence-corrected chi connectivity index (χ2v) is 3.65. The van der Waals surface area contributed by atoms with Crippen LogP contribution < -0.4 is 4.18 Å². The second-order valence-electron chi connectivity index (χ2n) is 2.11. The van der Waals surface area contributed by atoms with E-state index in [4.69, 9.17) is 5.26 Å². The van der Waals surface area contributed by atoms with Crippen LogP contribution in [0, 0.1) is 11.3 Å². The predicted octanol–water partition coefficient (Wildman–Crippen LogP) is 0.775. The zero-order valence-corrected chi connectivity index (χ0v) is 7.46. The summed E-state index contributed by atoms with van der Waals surface area (Å²) in [6.45, 7) is 0. The van der Waals surface area contributed by atoms with Gasteiger partial charge in [-0.3, -0.25) is 0 Å². The van der Waals surface area contributed by atoms with Crippen LogP contribution in [0.15, 0.2) is 10.7 Å². The summed E-state index contributed by atoms with van der Waals surface area (Å²) in [5.74, 6) is -1.67. The molecule has 0 radical (unpaired) electrons. The fourth-order valence-electron chi connectivity index (χ4n) is 0.531.